The minimum atomic E-state index is 0.382. The fourth-order valence-electron chi connectivity index (χ4n) is 2.18. The fraction of sp³-hybridized carbons (Fsp3) is 0.385. The molecule has 18 heavy (non-hydrogen) atoms. The third-order valence-electron chi connectivity index (χ3n) is 3.28. The molecule has 3 rings (SSSR count). The number of nitrogens with zero attached hydrogens (tertiary/aromatic N) is 2. The van der Waals surface area contributed by atoms with E-state index in [9.17, 15) is 0 Å². The summed E-state index contributed by atoms with van der Waals surface area (Å²) in [5.74, 6) is 1.60. The molecule has 0 spiro atoms. The van der Waals surface area contributed by atoms with Gasteiger partial charge in [0, 0.05) is 11.1 Å². The van der Waals surface area contributed by atoms with Crippen LogP contribution in [-0.4, -0.2) is 15.2 Å². The Hall–Kier alpha value is -1.39. The van der Waals surface area contributed by atoms with E-state index in [1.807, 2.05) is 12.1 Å². The number of aromatic amines is 1. The van der Waals surface area contributed by atoms with Gasteiger partial charge in [-0.1, -0.05) is 23.7 Å². The number of halogens is 1. The zero-order chi connectivity index (χ0) is 12.4. The largest absolute Gasteiger partial charge is 0.303 e. The van der Waals surface area contributed by atoms with Gasteiger partial charge in [-0.05, 0) is 36.5 Å². The molecule has 1 aromatic heterocycles. The molecule has 2 N–H and O–H groups in total. The lowest BCUT2D eigenvalue weighted by Gasteiger charge is -2.18. The molecular weight excluding hydrogens is 248 g/mol. The normalized spacial score (nSPS) is 16.7. The van der Waals surface area contributed by atoms with Crippen molar-refractivity contribution >= 4 is 11.6 Å². The van der Waals surface area contributed by atoms with E-state index in [-0.39, 0.29) is 0 Å². The maximum Gasteiger partial charge on any atom is 0.138 e. The summed E-state index contributed by atoms with van der Waals surface area (Å²) in [5, 5.41) is 11.0. The second kappa shape index (κ2) is 5.08. The molecule has 1 atom stereocenters. The van der Waals surface area contributed by atoms with E-state index in [1.54, 1.807) is 0 Å². The molecule has 0 radical (unpaired) electrons. The van der Waals surface area contributed by atoms with Gasteiger partial charge in [-0.2, -0.15) is 5.10 Å². The van der Waals surface area contributed by atoms with Crippen LogP contribution in [-0.2, 0) is 6.54 Å². The van der Waals surface area contributed by atoms with Crippen molar-refractivity contribution in [1.29, 1.82) is 0 Å². The van der Waals surface area contributed by atoms with Crippen LogP contribution in [0.25, 0.3) is 0 Å². The zero-order valence-corrected chi connectivity index (χ0v) is 10.7. The van der Waals surface area contributed by atoms with Crippen LogP contribution >= 0.6 is 11.6 Å². The molecule has 1 aliphatic rings. The Morgan fingerprint density at radius 2 is 2.11 bits per heavy atom. The summed E-state index contributed by atoms with van der Waals surface area (Å²) >= 11 is 5.93. The molecule has 1 heterocycles. The van der Waals surface area contributed by atoms with E-state index in [0.29, 0.717) is 12.6 Å². The number of nitrogens with one attached hydrogen (secondary N) is 2. The average molecular weight is 263 g/mol. The van der Waals surface area contributed by atoms with Crippen molar-refractivity contribution in [2.75, 3.05) is 0 Å². The highest BCUT2D eigenvalue weighted by atomic mass is 35.5. The van der Waals surface area contributed by atoms with Gasteiger partial charge in [-0.25, -0.2) is 4.98 Å². The van der Waals surface area contributed by atoms with Crippen LogP contribution in [0.5, 0.6) is 0 Å². The fourth-order valence-corrected chi connectivity index (χ4v) is 2.30. The number of hydrogen-bond acceptors (Lipinski definition) is 3. The van der Waals surface area contributed by atoms with Crippen molar-refractivity contribution in [1.82, 2.24) is 20.5 Å². The first-order valence-electron chi connectivity index (χ1n) is 6.16. The Balaban J connectivity index is 1.70. The summed E-state index contributed by atoms with van der Waals surface area (Å²) in [7, 11) is 0. The molecule has 5 heteroatoms. The van der Waals surface area contributed by atoms with Gasteiger partial charge >= 0.3 is 0 Å². The van der Waals surface area contributed by atoms with Crippen LogP contribution in [0.3, 0.4) is 0 Å². The van der Waals surface area contributed by atoms with Crippen molar-refractivity contribution in [3.8, 4) is 0 Å². The monoisotopic (exact) mass is 262 g/mol. The number of H-pyrrole nitrogens is 1. The van der Waals surface area contributed by atoms with Crippen molar-refractivity contribution < 1.29 is 0 Å². The minimum Gasteiger partial charge on any atom is -0.303 e. The smallest absolute Gasteiger partial charge is 0.138 e. The number of benzene rings is 1. The molecule has 1 saturated carbocycles. The van der Waals surface area contributed by atoms with Crippen LogP contribution in [0.1, 0.15) is 30.3 Å². The van der Waals surface area contributed by atoms with Gasteiger partial charge in [0.1, 0.15) is 12.2 Å². The van der Waals surface area contributed by atoms with Crippen LogP contribution < -0.4 is 5.32 Å². The quantitative estimate of drug-likeness (QED) is 0.871. The van der Waals surface area contributed by atoms with Crippen molar-refractivity contribution in [3.05, 3.63) is 47.0 Å². The predicted molar refractivity (Wildman–Crippen MR) is 70.1 cm³/mol. The summed E-state index contributed by atoms with van der Waals surface area (Å²) in [6.45, 7) is 0.712. The Bertz CT molecular complexity index is 490. The van der Waals surface area contributed by atoms with Crippen molar-refractivity contribution in [2.45, 2.75) is 25.4 Å². The van der Waals surface area contributed by atoms with Gasteiger partial charge in [-0.3, -0.25) is 5.10 Å². The van der Waals surface area contributed by atoms with Crippen LogP contribution in [0.4, 0.5) is 0 Å². The molecule has 1 aliphatic carbocycles. The molecule has 1 fully saturated rings. The highest BCUT2D eigenvalue weighted by molar-refractivity contribution is 6.30. The molecule has 1 unspecified atom stereocenters. The highest BCUT2D eigenvalue weighted by Crippen LogP contribution is 2.41. The first kappa shape index (κ1) is 11.7. The third kappa shape index (κ3) is 2.71. The van der Waals surface area contributed by atoms with E-state index in [2.05, 4.69) is 32.6 Å². The second-order valence-corrected chi connectivity index (χ2v) is 5.12. The molecule has 0 aliphatic heterocycles. The molecular formula is C13H15ClN4. The third-order valence-corrected chi connectivity index (χ3v) is 3.53. The summed E-state index contributed by atoms with van der Waals surface area (Å²) in [4.78, 5) is 4.13. The van der Waals surface area contributed by atoms with Gasteiger partial charge in [0.15, 0.2) is 0 Å². The lowest BCUT2D eigenvalue weighted by Crippen LogP contribution is -2.23. The number of rotatable bonds is 5. The van der Waals surface area contributed by atoms with Gasteiger partial charge in [0.2, 0.25) is 0 Å². The Morgan fingerprint density at radius 3 is 2.72 bits per heavy atom. The highest BCUT2D eigenvalue weighted by Gasteiger charge is 2.31. The van der Waals surface area contributed by atoms with Crippen LogP contribution in [0.15, 0.2) is 30.6 Å². The van der Waals surface area contributed by atoms with Crippen LogP contribution in [0.2, 0.25) is 5.02 Å². The minimum absolute atomic E-state index is 0.382. The van der Waals surface area contributed by atoms with Gasteiger partial charge in [-0.15, -0.1) is 0 Å². The summed E-state index contributed by atoms with van der Waals surface area (Å²) < 4.78 is 0. The Kier molecular flexibility index (Phi) is 3.30. The summed E-state index contributed by atoms with van der Waals surface area (Å²) in [6, 6.07) is 8.47. The van der Waals surface area contributed by atoms with Gasteiger partial charge in [0.25, 0.3) is 0 Å². The second-order valence-electron chi connectivity index (χ2n) is 4.68. The van der Waals surface area contributed by atoms with Crippen molar-refractivity contribution in [2.24, 2.45) is 5.92 Å². The maximum atomic E-state index is 5.93. The summed E-state index contributed by atoms with van der Waals surface area (Å²) in [5.41, 5.74) is 1.29. The summed E-state index contributed by atoms with van der Waals surface area (Å²) in [6.07, 6.45) is 4.11. The number of hydrogen-bond donors (Lipinski definition) is 2. The molecule has 0 bridgehead atoms. The molecule has 1 aromatic carbocycles. The predicted octanol–water partition coefficient (Wildman–Crippen LogP) is 2.70. The maximum absolute atomic E-state index is 5.93. The zero-order valence-electron chi connectivity index (χ0n) is 9.94. The lowest BCUT2D eigenvalue weighted by atomic mass is 10.0. The molecule has 2 aromatic rings. The SMILES string of the molecule is Clc1ccc(C(NCc2ncn[nH]2)C2CC2)cc1. The molecule has 0 amide bonds. The van der Waals surface area contributed by atoms with E-state index in [0.717, 1.165) is 16.8 Å². The van der Waals surface area contributed by atoms with E-state index in [4.69, 9.17) is 11.6 Å². The van der Waals surface area contributed by atoms with E-state index < -0.39 is 0 Å². The topological polar surface area (TPSA) is 53.6 Å². The Morgan fingerprint density at radius 1 is 1.33 bits per heavy atom. The lowest BCUT2D eigenvalue weighted by molar-refractivity contribution is 0.472. The van der Waals surface area contributed by atoms with Gasteiger partial charge < -0.3 is 5.32 Å². The standard InChI is InChI=1S/C13H15ClN4/c14-11-5-3-10(4-6-11)13(9-1-2-9)15-7-12-16-8-17-18-12/h3-6,8-9,13,15H,1-2,7H2,(H,16,17,18). The van der Waals surface area contributed by atoms with E-state index in [1.165, 1.54) is 24.7 Å². The first-order valence-corrected chi connectivity index (χ1v) is 6.54. The molecule has 4 nitrogen and oxygen atoms in total. The molecule has 94 valence electrons. The average Bonchev–Trinajstić information content (AvgIpc) is 3.08. The first-order chi connectivity index (χ1) is 8.83. The number of aromatic nitrogens is 3. The van der Waals surface area contributed by atoms with E-state index >= 15 is 0 Å². The molecule has 0 saturated heterocycles. The Labute approximate surface area is 111 Å². The van der Waals surface area contributed by atoms with Crippen LogP contribution in [0, 0.1) is 5.92 Å². The van der Waals surface area contributed by atoms with Crippen molar-refractivity contribution in [3.63, 3.8) is 0 Å². The van der Waals surface area contributed by atoms with Gasteiger partial charge in [0.05, 0.1) is 6.54 Å².